The van der Waals surface area contributed by atoms with Crippen LogP contribution in [0.1, 0.15) is 25.0 Å². The van der Waals surface area contributed by atoms with Crippen molar-refractivity contribution in [1.82, 2.24) is 4.98 Å². The van der Waals surface area contributed by atoms with E-state index in [0.717, 1.165) is 19.3 Å². The van der Waals surface area contributed by atoms with Crippen molar-refractivity contribution in [2.24, 2.45) is 0 Å². The molecule has 5 nitrogen and oxygen atoms in total. The van der Waals surface area contributed by atoms with Crippen molar-refractivity contribution >= 4 is 21.6 Å². The third-order valence-electron chi connectivity index (χ3n) is 3.15. The van der Waals surface area contributed by atoms with E-state index in [4.69, 9.17) is 0 Å². The number of aliphatic hydroxyl groups excluding tert-OH is 1. The van der Waals surface area contributed by atoms with Crippen LogP contribution in [-0.4, -0.2) is 21.6 Å². The summed E-state index contributed by atoms with van der Waals surface area (Å²) in [7, 11) is 0. The van der Waals surface area contributed by atoms with Crippen LogP contribution in [-0.2, 0) is 5.41 Å². The van der Waals surface area contributed by atoms with E-state index in [2.05, 4.69) is 20.9 Å². The van der Waals surface area contributed by atoms with Gasteiger partial charge in [0, 0.05) is 22.2 Å². The molecule has 0 bridgehead atoms. The minimum Gasteiger partial charge on any atom is -0.395 e. The van der Waals surface area contributed by atoms with E-state index in [1.54, 1.807) is 0 Å². The maximum absolute atomic E-state index is 10.9. The van der Waals surface area contributed by atoms with Crippen molar-refractivity contribution in [2.45, 2.75) is 24.7 Å². The summed E-state index contributed by atoms with van der Waals surface area (Å²) in [6.45, 7) is -0.0809. The molecule has 0 saturated heterocycles. The van der Waals surface area contributed by atoms with Gasteiger partial charge in [-0.25, -0.2) is 0 Å². The first-order valence-corrected chi connectivity index (χ1v) is 5.80. The molecule has 1 heterocycles. The van der Waals surface area contributed by atoms with Gasteiger partial charge >= 0.3 is 0 Å². The molecule has 1 N–H and O–H groups in total. The van der Waals surface area contributed by atoms with Gasteiger partial charge in [0.1, 0.15) is 5.69 Å². The van der Waals surface area contributed by atoms with Gasteiger partial charge in [-0.15, -0.1) is 0 Å². The molecule has 1 fully saturated rings. The second kappa shape index (κ2) is 4.10. The minimum atomic E-state index is -0.497. The molecule has 0 radical (unpaired) electrons. The first-order valence-electron chi connectivity index (χ1n) is 5.00. The van der Waals surface area contributed by atoms with Gasteiger partial charge in [-0.05, 0) is 28.8 Å². The average molecular weight is 287 g/mol. The van der Waals surface area contributed by atoms with Crippen molar-refractivity contribution in [2.75, 3.05) is 6.61 Å². The summed E-state index contributed by atoms with van der Waals surface area (Å²) in [5.74, 6) is 0. The third-order valence-corrected chi connectivity index (χ3v) is 3.58. The number of hydrogen-bond acceptors (Lipinski definition) is 4. The summed E-state index contributed by atoms with van der Waals surface area (Å²) in [4.78, 5) is 14.6. The Morgan fingerprint density at radius 2 is 2.31 bits per heavy atom. The van der Waals surface area contributed by atoms with E-state index in [-0.39, 0.29) is 12.3 Å². The summed E-state index contributed by atoms with van der Waals surface area (Å²) in [6.07, 6.45) is 4.05. The highest BCUT2D eigenvalue weighted by Gasteiger charge is 2.43. The van der Waals surface area contributed by atoms with Crippen molar-refractivity contribution < 1.29 is 10.0 Å². The fourth-order valence-electron chi connectivity index (χ4n) is 2.05. The van der Waals surface area contributed by atoms with E-state index < -0.39 is 10.3 Å². The predicted octanol–water partition coefficient (Wildman–Crippen LogP) is 2.17. The molecule has 1 aliphatic rings. The maximum Gasteiger partial charge on any atom is 0.292 e. The van der Waals surface area contributed by atoms with Gasteiger partial charge in [0.15, 0.2) is 0 Å². The lowest BCUT2D eigenvalue weighted by Gasteiger charge is -2.39. The monoisotopic (exact) mass is 286 g/mol. The van der Waals surface area contributed by atoms with Crippen molar-refractivity contribution in [3.8, 4) is 0 Å². The number of aliphatic hydroxyl groups is 1. The molecule has 1 aromatic heterocycles. The van der Waals surface area contributed by atoms with Gasteiger partial charge < -0.3 is 5.11 Å². The molecule has 0 unspecified atom stereocenters. The second-order valence-corrected chi connectivity index (χ2v) is 4.99. The molecule has 0 aliphatic heterocycles. The van der Waals surface area contributed by atoms with Crippen LogP contribution in [0.4, 0.5) is 5.69 Å². The minimum absolute atomic E-state index is 0.0110. The van der Waals surface area contributed by atoms with E-state index in [0.29, 0.717) is 10.2 Å². The third kappa shape index (κ3) is 1.72. The zero-order valence-electron chi connectivity index (χ0n) is 8.52. The Bertz CT molecular complexity index is 427. The highest BCUT2D eigenvalue weighted by atomic mass is 79.9. The summed E-state index contributed by atoms with van der Waals surface area (Å²) in [5, 5.41) is 20.3. The molecular weight excluding hydrogens is 276 g/mol. The normalized spacial score (nSPS) is 17.9. The van der Waals surface area contributed by atoms with E-state index >= 15 is 0 Å². The summed E-state index contributed by atoms with van der Waals surface area (Å²) in [6, 6.07) is 1.44. The van der Waals surface area contributed by atoms with Crippen LogP contribution >= 0.6 is 15.9 Å². The van der Waals surface area contributed by atoms with Crippen molar-refractivity contribution in [3.05, 3.63) is 32.5 Å². The zero-order chi connectivity index (χ0) is 11.8. The number of nitro groups is 1. The van der Waals surface area contributed by atoms with Crippen LogP contribution in [0.15, 0.2) is 16.7 Å². The lowest BCUT2D eigenvalue weighted by molar-refractivity contribution is -0.386. The van der Waals surface area contributed by atoms with Crippen LogP contribution in [0, 0.1) is 10.1 Å². The molecule has 1 saturated carbocycles. The van der Waals surface area contributed by atoms with Gasteiger partial charge in [0.2, 0.25) is 0 Å². The van der Waals surface area contributed by atoms with Gasteiger partial charge in [-0.2, -0.15) is 0 Å². The first kappa shape index (κ1) is 11.5. The number of aromatic nitrogens is 1. The fourth-order valence-corrected chi connectivity index (χ4v) is 2.37. The summed E-state index contributed by atoms with van der Waals surface area (Å²) in [5.41, 5.74) is -0.0964. The van der Waals surface area contributed by atoms with E-state index in [1.165, 1.54) is 12.3 Å². The number of nitrogens with zero attached hydrogens (tertiary/aromatic N) is 2. The molecule has 0 aromatic carbocycles. The van der Waals surface area contributed by atoms with Crippen LogP contribution in [0.25, 0.3) is 0 Å². The Labute approximate surface area is 101 Å². The molecule has 6 heteroatoms. The molecule has 86 valence electrons. The van der Waals surface area contributed by atoms with E-state index in [9.17, 15) is 15.2 Å². The number of hydrogen-bond donors (Lipinski definition) is 1. The van der Waals surface area contributed by atoms with Gasteiger partial charge in [-0.1, -0.05) is 6.42 Å². The molecule has 0 spiro atoms. The predicted molar refractivity (Wildman–Crippen MR) is 61.2 cm³/mol. The van der Waals surface area contributed by atoms with Crippen LogP contribution < -0.4 is 0 Å². The van der Waals surface area contributed by atoms with Crippen LogP contribution in [0.2, 0.25) is 0 Å². The molecule has 0 amide bonds. The SMILES string of the molecule is O=[N+]([O-])c1cc(Br)cnc1C1(CO)CCC1. The molecule has 16 heavy (non-hydrogen) atoms. The summed E-state index contributed by atoms with van der Waals surface area (Å²) >= 11 is 3.16. The van der Waals surface area contributed by atoms with Crippen LogP contribution in [0.5, 0.6) is 0 Å². The molecule has 1 aliphatic carbocycles. The van der Waals surface area contributed by atoms with E-state index in [1.807, 2.05) is 0 Å². The topological polar surface area (TPSA) is 76.3 Å². The zero-order valence-corrected chi connectivity index (χ0v) is 10.1. The Morgan fingerprint density at radius 3 is 2.75 bits per heavy atom. The number of halogens is 1. The standard InChI is InChI=1S/C10H11BrN2O3/c11-7-4-8(13(15)16)9(12-5-7)10(6-14)2-1-3-10/h4-5,14H,1-3,6H2. The molecule has 0 atom stereocenters. The molecule has 1 aromatic rings. The molecule has 2 rings (SSSR count). The van der Waals surface area contributed by atoms with Gasteiger partial charge in [-0.3, -0.25) is 15.1 Å². The lowest BCUT2D eigenvalue weighted by Crippen LogP contribution is -2.39. The highest BCUT2D eigenvalue weighted by Crippen LogP contribution is 2.45. The Morgan fingerprint density at radius 1 is 1.62 bits per heavy atom. The van der Waals surface area contributed by atoms with Gasteiger partial charge in [0.05, 0.1) is 11.5 Å². The first-order chi connectivity index (χ1) is 7.59. The number of pyridine rings is 1. The van der Waals surface area contributed by atoms with Crippen molar-refractivity contribution in [3.63, 3.8) is 0 Å². The summed E-state index contributed by atoms with van der Waals surface area (Å²) < 4.78 is 0.579. The Kier molecular flexibility index (Phi) is 2.94. The van der Waals surface area contributed by atoms with Gasteiger partial charge in [0.25, 0.3) is 5.69 Å². The lowest BCUT2D eigenvalue weighted by atomic mass is 9.66. The second-order valence-electron chi connectivity index (χ2n) is 4.07. The molecular formula is C10H11BrN2O3. The number of rotatable bonds is 3. The maximum atomic E-state index is 10.9. The Balaban J connectivity index is 2.51. The average Bonchev–Trinajstić information content (AvgIpc) is 2.19. The quantitative estimate of drug-likeness (QED) is 0.682. The largest absolute Gasteiger partial charge is 0.395 e. The highest BCUT2D eigenvalue weighted by molar-refractivity contribution is 9.10. The smallest absolute Gasteiger partial charge is 0.292 e. The fraction of sp³-hybridized carbons (Fsp3) is 0.500. The Hall–Kier alpha value is -1.01. The van der Waals surface area contributed by atoms with Crippen LogP contribution in [0.3, 0.4) is 0 Å². The van der Waals surface area contributed by atoms with Crippen molar-refractivity contribution in [1.29, 1.82) is 0 Å².